The number of ether oxygens (including phenoxy) is 1. The van der Waals surface area contributed by atoms with Crippen LogP contribution in [0.2, 0.25) is 0 Å². The standard InChI is InChI=1S/C12H13F2NO2/c13-12(14)7-4-8-15(12)11(16)17-9-10-5-2-1-3-6-10/h1-3,5-6H,4,7-9H2. The SMILES string of the molecule is O=C(OCc1ccccc1)N1CCCC1(F)F. The number of nitrogens with zero attached hydrogens (tertiary/aromatic N) is 1. The second-order valence-corrected chi connectivity index (χ2v) is 3.96. The van der Waals surface area contributed by atoms with Crippen molar-refractivity contribution in [2.45, 2.75) is 25.5 Å². The molecule has 5 heteroatoms. The highest BCUT2D eigenvalue weighted by Crippen LogP contribution is 2.32. The number of carbonyl (C=O) groups excluding carboxylic acids is 1. The largest absolute Gasteiger partial charge is 0.444 e. The summed E-state index contributed by atoms with van der Waals surface area (Å²) in [5, 5.41) is 0. The van der Waals surface area contributed by atoms with Gasteiger partial charge in [0.1, 0.15) is 6.61 Å². The molecule has 3 nitrogen and oxygen atoms in total. The lowest BCUT2D eigenvalue weighted by atomic mass is 10.2. The number of halogens is 2. The third-order valence-corrected chi connectivity index (χ3v) is 2.68. The second-order valence-electron chi connectivity index (χ2n) is 3.96. The molecule has 1 amide bonds. The quantitative estimate of drug-likeness (QED) is 0.745. The van der Waals surface area contributed by atoms with Crippen LogP contribution in [0.15, 0.2) is 30.3 Å². The first-order chi connectivity index (χ1) is 8.09. The highest BCUT2D eigenvalue weighted by atomic mass is 19.3. The molecular weight excluding hydrogens is 228 g/mol. The lowest BCUT2D eigenvalue weighted by molar-refractivity contribution is -0.107. The van der Waals surface area contributed by atoms with Crippen LogP contribution in [0.1, 0.15) is 18.4 Å². The van der Waals surface area contributed by atoms with Gasteiger partial charge >= 0.3 is 12.1 Å². The molecule has 1 saturated heterocycles. The Morgan fingerprint density at radius 3 is 2.65 bits per heavy atom. The number of likely N-dealkylation sites (tertiary alicyclic amines) is 1. The molecule has 2 rings (SSSR count). The zero-order valence-corrected chi connectivity index (χ0v) is 9.23. The first kappa shape index (κ1) is 11.8. The van der Waals surface area contributed by atoms with Crippen LogP contribution in [0.3, 0.4) is 0 Å². The molecule has 0 aromatic heterocycles. The molecule has 0 aliphatic carbocycles. The number of amides is 1. The van der Waals surface area contributed by atoms with Gasteiger partial charge in [-0.15, -0.1) is 0 Å². The van der Waals surface area contributed by atoms with Gasteiger partial charge in [-0.25, -0.2) is 9.69 Å². The van der Waals surface area contributed by atoms with Gasteiger partial charge < -0.3 is 4.74 Å². The average molecular weight is 241 g/mol. The lowest BCUT2D eigenvalue weighted by Crippen LogP contribution is -2.40. The monoisotopic (exact) mass is 241 g/mol. The number of rotatable bonds is 2. The van der Waals surface area contributed by atoms with Crippen molar-refractivity contribution >= 4 is 6.09 Å². The van der Waals surface area contributed by atoms with E-state index in [2.05, 4.69) is 0 Å². The van der Waals surface area contributed by atoms with E-state index in [0.29, 0.717) is 11.3 Å². The molecule has 0 saturated carbocycles. The molecule has 0 unspecified atom stereocenters. The van der Waals surface area contributed by atoms with E-state index in [0.717, 1.165) is 5.56 Å². The van der Waals surface area contributed by atoms with E-state index in [1.54, 1.807) is 24.3 Å². The van der Waals surface area contributed by atoms with Crippen LogP contribution in [0, 0.1) is 0 Å². The van der Waals surface area contributed by atoms with Crippen LogP contribution in [-0.2, 0) is 11.3 Å². The van der Waals surface area contributed by atoms with E-state index >= 15 is 0 Å². The summed E-state index contributed by atoms with van der Waals surface area (Å²) in [6.45, 7) is 0.0763. The van der Waals surface area contributed by atoms with Crippen LogP contribution in [0.25, 0.3) is 0 Å². The van der Waals surface area contributed by atoms with Crippen LogP contribution in [0.4, 0.5) is 13.6 Å². The first-order valence-corrected chi connectivity index (χ1v) is 5.46. The Morgan fingerprint density at radius 1 is 1.35 bits per heavy atom. The Labute approximate surface area is 98.0 Å². The third-order valence-electron chi connectivity index (χ3n) is 2.68. The fourth-order valence-electron chi connectivity index (χ4n) is 1.77. The molecule has 1 aromatic carbocycles. The molecule has 1 fully saturated rings. The zero-order chi connectivity index (χ0) is 12.3. The number of hydrogen-bond donors (Lipinski definition) is 0. The van der Waals surface area contributed by atoms with Gasteiger partial charge in [-0.1, -0.05) is 30.3 Å². The van der Waals surface area contributed by atoms with Gasteiger partial charge in [0, 0.05) is 13.0 Å². The summed E-state index contributed by atoms with van der Waals surface area (Å²) in [5.41, 5.74) is 0.781. The summed E-state index contributed by atoms with van der Waals surface area (Å²) >= 11 is 0. The lowest BCUT2D eigenvalue weighted by Gasteiger charge is -2.22. The minimum atomic E-state index is -3.06. The van der Waals surface area contributed by atoms with E-state index in [-0.39, 0.29) is 19.6 Å². The van der Waals surface area contributed by atoms with Gasteiger partial charge in [-0.3, -0.25) is 0 Å². The van der Waals surface area contributed by atoms with Gasteiger partial charge in [0.25, 0.3) is 0 Å². The van der Waals surface area contributed by atoms with Gasteiger partial charge in [-0.05, 0) is 12.0 Å². The summed E-state index contributed by atoms with van der Waals surface area (Å²) in [6, 6.07) is 5.92. The highest BCUT2D eigenvalue weighted by molar-refractivity contribution is 5.68. The van der Waals surface area contributed by atoms with Gasteiger partial charge in [-0.2, -0.15) is 8.78 Å². The zero-order valence-electron chi connectivity index (χ0n) is 9.23. The normalized spacial score (nSPS) is 18.1. The molecule has 1 aromatic rings. The summed E-state index contributed by atoms with van der Waals surface area (Å²) in [4.78, 5) is 12.0. The van der Waals surface area contributed by atoms with Crippen molar-refractivity contribution in [3.8, 4) is 0 Å². The minimum absolute atomic E-state index is 0.0201. The average Bonchev–Trinajstić information content (AvgIpc) is 2.67. The van der Waals surface area contributed by atoms with Crippen LogP contribution < -0.4 is 0 Å². The minimum Gasteiger partial charge on any atom is -0.444 e. The Bertz CT molecular complexity index is 395. The van der Waals surface area contributed by atoms with Crippen molar-refractivity contribution < 1.29 is 18.3 Å². The predicted molar refractivity (Wildman–Crippen MR) is 57.5 cm³/mol. The topological polar surface area (TPSA) is 29.5 Å². The van der Waals surface area contributed by atoms with Gasteiger partial charge in [0.2, 0.25) is 0 Å². The van der Waals surface area contributed by atoms with Gasteiger partial charge in [0.05, 0.1) is 0 Å². The highest BCUT2D eigenvalue weighted by Gasteiger charge is 2.45. The molecule has 0 radical (unpaired) electrons. The molecule has 0 spiro atoms. The molecule has 92 valence electrons. The van der Waals surface area contributed by atoms with Crippen molar-refractivity contribution in [2.24, 2.45) is 0 Å². The van der Waals surface area contributed by atoms with Crippen LogP contribution in [0.5, 0.6) is 0 Å². The maximum atomic E-state index is 13.2. The fraction of sp³-hybridized carbons (Fsp3) is 0.417. The number of benzene rings is 1. The third kappa shape index (κ3) is 2.72. The summed E-state index contributed by atoms with van der Waals surface area (Å²) in [7, 11) is 0. The fourth-order valence-corrected chi connectivity index (χ4v) is 1.77. The summed E-state index contributed by atoms with van der Waals surface area (Å²) in [5.74, 6) is 0. The van der Waals surface area contributed by atoms with Crippen molar-refractivity contribution in [2.75, 3.05) is 6.54 Å². The number of carbonyl (C=O) groups is 1. The van der Waals surface area contributed by atoms with Crippen LogP contribution >= 0.6 is 0 Å². The summed E-state index contributed by atoms with van der Waals surface area (Å²) in [6.07, 6.45) is -0.919. The number of alkyl halides is 2. The Morgan fingerprint density at radius 2 is 2.06 bits per heavy atom. The van der Waals surface area contributed by atoms with Crippen molar-refractivity contribution in [3.05, 3.63) is 35.9 Å². The summed E-state index contributed by atoms with van der Waals surface area (Å²) < 4.78 is 31.3. The van der Waals surface area contributed by atoms with E-state index in [9.17, 15) is 13.6 Å². The van der Waals surface area contributed by atoms with E-state index < -0.39 is 12.1 Å². The van der Waals surface area contributed by atoms with E-state index in [1.165, 1.54) is 0 Å². The molecule has 1 aliphatic heterocycles. The molecule has 0 N–H and O–H groups in total. The Balaban J connectivity index is 1.90. The molecule has 1 aliphatic rings. The maximum Gasteiger partial charge on any atom is 0.414 e. The first-order valence-electron chi connectivity index (χ1n) is 5.46. The Kier molecular flexibility index (Phi) is 3.26. The predicted octanol–water partition coefficient (Wildman–Crippen LogP) is 3.01. The van der Waals surface area contributed by atoms with Gasteiger partial charge in [0.15, 0.2) is 0 Å². The van der Waals surface area contributed by atoms with Crippen molar-refractivity contribution in [1.82, 2.24) is 4.90 Å². The molecule has 0 atom stereocenters. The van der Waals surface area contributed by atoms with E-state index in [4.69, 9.17) is 4.74 Å². The molecule has 1 heterocycles. The van der Waals surface area contributed by atoms with E-state index in [1.807, 2.05) is 6.07 Å². The smallest absolute Gasteiger partial charge is 0.414 e. The second kappa shape index (κ2) is 4.69. The van der Waals surface area contributed by atoms with Crippen molar-refractivity contribution in [1.29, 1.82) is 0 Å². The maximum absolute atomic E-state index is 13.2. The van der Waals surface area contributed by atoms with Crippen LogP contribution in [-0.4, -0.2) is 23.6 Å². The Hall–Kier alpha value is -1.65. The number of hydrogen-bond acceptors (Lipinski definition) is 2. The van der Waals surface area contributed by atoms with Crippen molar-refractivity contribution in [3.63, 3.8) is 0 Å². The molecule has 17 heavy (non-hydrogen) atoms. The molecule has 0 bridgehead atoms. The molecular formula is C12H13F2NO2.